The summed E-state index contributed by atoms with van der Waals surface area (Å²) in [4.78, 5) is 0. The van der Waals surface area contributed by atoms with E-state index in [-0.39, 0.29) is 0 Å². The number of rotatable bonds is 22. The van der Waals surface area contributed by atoms with Crippen molar-refractivity contribution in [1.29, 1.82) is 0 Å². The van der Waals surface area contributed by atoms with Gasteiger partial charge in [0.05, 0.1) is 5.71 Å². The minimum atomic E-state index is 1.07. The summed E-state index contributed by atoms with van der Waals surface area (Å²) in [6.45, 7) is 14.8. The molecule has 0 bridgehead atoms. The van der Waals surface area contributed by atoms with Crippen LogP contribution in [-0.4, -0.2) is 17.3 Å². The fourth-order valence-electron chi connectivity index (χ4n) is 5.24. The van der Waals surface area contributed by atoms with Crippen molar-refractivity contribution in [2.24, 2.45) is 5.10 Å². The highest BCUT2D eigenvalue weighted by Gasteiger charge is 2.18. The molecule has 0 atom stereocenters. The van der Waals surface area contributed by atoms with Crippen molar-refractivity contribution in [2.75, 3.05) is 6.54 Å². The van der Waals surface area contributed by atoms with E-state index < -0.39 is 0 Å². The molecule has 0 saturated heterocycles. The van der Waals surface area contributed by atoms with Crippen molar-refractivity contribution in [1.82, 2.24) is 5.01 Å². The fraction of sp³-hybridized carbons (Fsp3) is 0.848. The lowest BCUT2D eigenvalue weighted by Gasteiger charge is -2.21. The topological polar surface area (TPSA) is 15.6 Å². The Labute approximate surface area is 221 Å². The smallest absolute Gasteiger partial charge is 0.0641 e. The largest absolute Gasteiger partial charge is 0.269 e. The Morgan fingerprint density at radius 3 is 1.31 bits per heavy atom. The molecule has 1 rings (SSSR count). The van der Waals surface area contributed by atoms with E-state index in [1.807, 2.05) is 0 Å². The van der Waals surface area contributed by atoms with Gasteiger partial charge in [-0.25, -0.2) is 0 Å². The van der Waals surface area contributed by atoms with E-state index in [0.29, 0.717) is 0 Å². The van der Waals surface area contributed by atoms with Gasteiger partial charge < -0.3 is 0 Å². The molecule has 35 heavy (non-hydrogen) atoms. The van der Waals surface area contributed by atoms with E-state index in [2.05, 4.69) is 46.6 Å². The molecule has 0 amide bonds. The second-order valence-corrected chi connectivity index (χ2v) is 11.2. The lowest BCUT2D eigenvalue weighted by Crippen LogP contribution is -2.19. The van der Waals surface area contributed by atoms with Gasteiger partial charge in [-0.2, -0.15) is 5.10 Å². The number of allylic oxidation sites excluding steroid dienone is 4. The molecular formula is C33H62N2. The summed E-state index contributed by atoms with van der Waals surface area (Å²) in [6.07, 6.45) is 29.0. The predicted octanol–water partition coefficient (Wildman–Crippen LogP) is 11.5. The van der Waals surface area contributed by atoms with Gasteiger partial charge in [0.15, 0.2) is 0 Å². The van der Waals surface area contributed by atoms with Crippen LogP contribution >= 0.6 is 0 Å². The lowest BCUT2D eigenvalue weighted by atomic mass is 9.96. The summed E-state index contributed by atoms with van der Waals surface area (Å²) in [7, 11) is 0. The maximum atomic E-state index is 5.22. The maximum Gasteiger partial charge on any atom is 0.0641 e. The third-order valence-electron chi connectivity index (χ3n) is 8.22. The van der Waals surface area contributed by atoms with Gasteiger partial charge in [0.25, 0.3) is 0 Å². The SMILES string of the molecule is CCCCCCCCCCCCC1=NN(CCCCCCCCCCCC)C(C)=C(C)C(C)=C1C. The number of hydrazone groups is 1. The summed E-state index contributed by atoms with van der Waals surface area (Å²) >= 11 is 0. The van der Waals surface area contributed by atoms with Gasteiger partial charge in [-0.1, -0.05) is 129 Å². The van der Waals surface area contributed by atoms with Crippen molar-refractivity contribution >= 4 is 5.71 Å². The molecular weight excluding hydrogens is 424 g/mol. The number of unbranched alkanes of at least 4 members (excludes halogenated alkanes) is 18. The molecule has 0 aromatic heterocycles. The van der Waals surface area contributed by atoms with Crippen LogP contribution in [-0.2, 0) is 0 Å². The minimum Gasteiger partial charge on any atom is -0.269 e. The first-order valence-electron chi connectivity index (χ1n) is 15.7. The molecule has 0 unspecified atom stereocenters. The van der Waals surface area contributed by atoms with Crippen LogP contribution < -0.4 is 0 Å². The molecule has 1 aliphatic rings. The first kappa shape index (κ1) is 32.0. The summed E-state index contributed by atoms with van der Waals surface area (Å²) < 4.78 is 0. The normalized spacial score (nSPS) is 14.7. The zero-order chi connectivity index (χ0) is 25.7. The van der Waals surface area contributed by atoms with Crippen LogP contribution in [0.4, 0.5) is 0 Å². The van der Waals surface area contributed by atoms with Crippen molar-refractivity contribution in [2.45, 2.75) is 176 Å². The van der Waals surface area contributed by atoms with Crippen molar-refractivity contribution in [3.63, 3.8) is 0 Å². The molecule has 0 N–H and O–H groups in total. The Balaban J connectivity index is 2.37. The molecule has 1 aliphatic heterocycles. The Hall–Kier alpha value is -1.05. The number of nitrogens with zero attached hydrogens (tertiary/aromatic N) is 2. The van der Waals surface area contributed by atoms with Crippen LogP contribution in [0, 0.1) is 0 Å². The van der Waals surface area contributed by atoms with Crippen LogP contribution in [0.1, 0.15) is 176 Å². The second kappa shape index (κ2) is 21.1. The van der Waals surface area contributed by atoms with Gasteiger partial charge in [-0.15, -0.1) is 0 Å². The third kappa shape index (κ3) is 14.3. The molecule has 0 aromatic carbocycles. The van der Waals surface area contributed by atoms with E-state index >= 15 is 0 Å². The van der Waals surface area contributed by atoms with E-state index in [1.165, 1.54) is 157 Å². The Morgan fingerprint density at radius 2 is 0.857 bits per heavy atom. The van der Waals surface area contributed by atoms with Crippen LogP contribution in [0.25, 0.3) is 0 Å². The average Bonchev–Trinajstić information content (AvgIpc) is 2.93. The number of hydrogen-bond acceptors (Lipinski definition) is 2. The zero-order valence-corrected chi connectivity index (χ0v) is 25.0. The van der Waals surface area contributed by atoms with Crippen molar-refractivity contribution in [3.8, 4) is 0 Å². The molecule has 0 aliphatic carbocycles. The van der Waals surface area contributed by atoms with Gasteiger partial charge in [-0.3, -0.25) is 5.01 Å². The van der Waals surface area contributed by atoms with E-state index in [0.717, 1.165) is 13.0 Å². The first-order chi connectivity index (χ1) is 17.0. The van der Waals surface area contributed by atoms with Crippen LogP contribution in [0.3, 0.4) is 0 Å². The molecule has 0 spiro atoms. The van der Waals surface area contributed by atoms with Gasteiger partial charge in [0.1, 0.15) is 0 Å². The molecule has 1 heterocycles. The van der Waals surface area contributed by atoms with Gasteiger partial charge >= 0.3 is 0 Å². The monoisotopic (exact) mass is 486 g/mol. The molecule has 2 nitrogen and oxygen atoms in total. The summed E-state index contributed by atoms with van der Waals surface area (Å²) in [5.41, 5.74) is 6.99. The number of hydrogen-bond donors (Lipinski definition) is 0. The highest BCUT2D eigenvalue weighted by molar-refractivity contribution is 6.01. The van der Waals surface area contributed by atoms with E-state index in [4.69, 9.17) is 5.10 Å². The second-order valence-electron chi connectivity index (χ2n) is 11.2. The van der Waals surface area contributed by atoms with Crippen LogP contribution in [0.5, 0.6) is 0 Å². The maximum absolute atomic E-state index is 5.22. The standard InChI is InChI=1S/C33H62N2/c1-7-9-11-13-15-17-19-21-23-25-27-33-31(5)29(3)30(4)32(6)35(34-33)28-26-24-22-20-18-16-14-12-10-8-2/h7-28H2,1-6H3. The van der Waals surface area contributed by atoms with Gasteiger partial charge in [0, 0.05) is 12.2 Å². The molecule has 0 radical (unpaired) electrons. The highest BCUT2D eigenvalue weighted by atomic mass is 15.5. The zero-order valence-electron chi connectivity index (χ0n) is 25.0. The first-order valence-corrected chi connectivity index (χ1v) is 15.7. The predicted molar refractivity (Wildman–Crippen MR) is 159 cm³/mol. The molecule has 204 valence electrons. The van der Waals surface area contributed by atoms with Gasteiger partial charge in [-0.05, 0) is 63.7 Å². The Morgan fingerprint density at radius 1 is 0.457 bits per heavy atom. The molecule has 0 saturated carbocycles. The summed E-state index contributed by atoms with van der Waals surface area (Å²) in [5.74, 6) is 0. The van der Waals surface area contributed by atoms with Gasteiger partial charge in [0.2, 0.25) is 0 Å². The Bertz CT molecular complexity index is 625. The highest BCUT2D eigenvalue weighted by Crippen LogP contribution is 2.27. The van der Waals surface area contributed by atoms with Crippen LogP contribution in [0.2, 0.25) is 0 Å². The summed E-state index contributed by atoms with van der Waals surface area (Å²) in [5, 5.41) is 7.56. The molecule has 2 heteroatoms. The Kier molecular flexibility index (Phi) is 19.3. The third-order valence-corrected chi connectivity index (χ3v) is 8.22. The summed E-state index contributed by atoms with van der Waals surface area (Å²) in [6, 6.07) is 0. The quantitative estimate of drug-likeness (QED) is 0.139. The van der Waals surface area contributed by atoms with Crippen LogP contribution in [0.15, 0.2) is 27.5 Å². The molecule has 0 aromatic rings. The van der Waals surface area contributed by atoms with Crippen molar-refractivity contribution < 1.29 is 0 Å². The molecule has 0 fully saturated rings. The lowest BCUT2D eigenvalue weighted by molar-refractivity contribution is 0.348. The average molecular weight is 487 g/mol. The van der Waals surface area contributed by atoms with E-state index in [9.17, 15) is 0 Å². The van der Waals surface area contributed by atoms with Crippen molar-refractivity contribution in [3.05, 3.63) is 22.4 Å². The minimum absolute atomic E-state index is 1.07. The fourth-order valence-corrected chi connectivity index (χ4v) is 5.24. The van der Waals surface area contributed by atoms with E-state index in [1.54, 1.807) is 0 Å².